The molecule has 1 fully saturated rings. The van der Waals surface area contributed by atoms with E-state index >= 15 is 0 Å². The lowest BCUT2D eigenvalue weighted by atomic mass is 9.91. The van der Waals surface area contributed by atoms with E-state index in [-0.39, 0.29) is 24.3 Å². The summed E-state index contributed by atoms with van der Waals surface area (Å²) in [5.74, 6) is 0.357. The maximum absolute atomic E-state index is 11.3. The molecule has 13 heavy (non-hydrogen) atoms. The maximum atomic E-state index is 11.3. The number of aliphatic hydroxyl groups is 1. The van der Waals surface area contributed by atoms with Gasteiger partial charge in [0.1, 0.15) is 0 Å². The molecule has 1 unspecified atom stereocenters. The average Bonchev–Trinajstić information content (AvgIpc) is 2.48. The van der Waals surface area contributed by atoms with Gasteiger partial charge in [-0.1, -0.05) is 26.2 Å². The van der Waals surface area contributed by atoms with Crippen molar-refractivity contribution in [3.05, 3.63) is 0 Å². The molecule has 0 aromatic heterocycles. The van der Waals surface area contributed by atoms with Gasteiger partial charge in [-0.3, -0.25) is 4.79 Å². The SMILES string of the molecule is CCCCC[C@H]1C(=O)NCC1CO. The number of rotatable bonds is 5. The predicted octanol–water partition coefficient (Wildman–Crippen LogP) is 0.921. The number of unbranched alkanes of at least 4 members (excludes halogenated alkanes) is 2. The van der Waals surface area contributed by atoms with Crippen molar-refractivity contribution >= 4 is 5.91 Å². The fraction of sp³-hybridized carbons (Fsp3) is 0.900. The third-order valence-corrected chi connectivity index (χ3v) is 2.80. The number of hydrogen-bond acceptors (Lipinski definition) is 2. The predicted molar refractivity (Wildman–Crippen MR) is 51.2 cm³/mol. The molecule has 3 nitrogen and oxygen atoms in total. The van der Waals surface area contributed by atoms with Gasteiger partial charge in [0.15, 0.2) is 0 Å². The molecule has 1 rings (SSSR count). The van der Waals surface area contributed by atoms with Crippen LogP contribution in [0, 0.1) is 11.8 Å². The number of hydrogen-bond donors (Lipinski definition) is 2. The number of aliphatic hydroxyl groups excluding tert-OH is 1. The fourth-order valence-electron chi connectivity index (χ4n) is 1.89. The second-order valence-corrected chi connectivity index (χ2v) is 3.79. The van der Waals surface area contributed by atoms with Gasteiger partial charge < -0.3 is 10.4 Å². The largest absolute Gasteiger partial charge is 0.396 e. The van der Waals surface area contributed by atoms with Crippen LogP contribution in [-0.2, 0) is 4.79 Å². The van der Waals surface area contributed by atoms with Crippen LogP contribution in [0.15, 0.2) is 0 Å². The quantitative estimate of drug-likeness (QED) is 0.626. The van der Waals surface area contributed by atoms with Gasteiger partial charge in [0, 0.05) is 25.0 Å². The summed E-state index contributed by atoms with van der Waals surface area (Å²) in [6.45, 7) is 2.94. The van der Waals surface area contributed by atoms with E-state index in [1.54, 1.807) is 0 Å². The van der Waals surface area contributed by atoms with E-state index in [0.717, 1.165) is 12.8 Å². The van der Waals surface area contributed by atoms with Crippen LogP contribution in [-0.4, -0.2) is 24.2 Å². The first-order valence-electron chi connectivity index (χ1n) is 5.18. The summed E-state index contributed by atoms with van der Waals surface area (Å²) in [6.07, 6.45) is 4.40. The highest BCUT2D eigenvalue weighted by atomic mass is 16.3. The van der Waals surface area contributed by atoms with Crippen molar-refractivity contribution in [2.75, 3.05) is 13.2 Å². The Morgan fingerprint density at radius 3 is 2.92 bits per heavy atom. The van der Waals surface area contributed by atoms with E-state index in [4.69, 9.17) is 5.11 Å². The number of nitrogens with one attached hydrogen (secondary N) is 1. The molecule has 0 spiro atoms. The van der Waals surface area contributed by atoms with Gasteiger partial charge in [0.2, 0.25) is 5.91 Å². The first kappa shape index (κ1) is 10.5. The number of carbonyl (C=O) groups is 1. The van der Waals surface area contributed by atoms with Crippen molar-refractivity contribution in [1.29, 1.82) is 0 Å². The molecule has 0 bridgehead atoms. The molecule has 1 amide bonds. The summed E-state index contributed by atoms with van der Waals surface area (Å²) in [7, 11) is 0. The Balaban J connectivity index is 2.31. The van der Waals surface area contributed by atoms with Crippen LogP contribution in [0.25, 0.3) is 0 Å². The molecule has 0 saturated carbocycles. The van der Waals surface area contributed by atoms with Crippen LogP contribution in [0.2, 0.25) is 0 Å². The van der Waals surface area contributed by atoms with E-state index < -0.39 is 0 Å². The zero-order valence-corrected chi connectivity index (χ0v) is 8.25. The molecule has 2 atom stereocenters. The second kappa shape index (κ2) is 5.22. The third-order valence-electron chi connectivity index (χ3n) is 2.80. The summed E-state index contributed by atoms with van der Waals surface area (Å²) >= 11 is 0. The highest BCUT2D eigenvalue weighted by molar-refractivity contribution is 5.81. The number of amides is 1. The Hall–Kier alpha value is -0.570. The Labute approximate surface area is 79.5 Å². The van der Waals surface area contributed by atoms with Crippen molar-refractivity contribution in [3.63, 3.8) is 0 Å². The topological polar surface area (TPSA) is 49.3 Å². The third kappa shape index (κ3) is 2.69. The normalized spacial score (nSPS) is 27.7. The Morgan fingerprint density at radius 1 is 1.54 bits per heavy atom. The molecule has 0 aromatic carbocycles. The lowest BCUT2D eigenvalue weighted by Crippen LogP contribution is -2.20. The minimum Gasteiger partial charge on any atom is -0.396 e. The Kier molecular flexibility index (Phi) is 4.22. The van der Waals surface area contributed by atoms with Gasteiger partial charge >= 0.3 is 0 Å². The van der Waals surface area contributed by atoms with Crippen LogP contribution in [0.1, 0.15) is 32.6 Å². The molecule has 1 heterocycles. The van der Waals surface area contributed by atoms with Crippen molar-refractivity contribution in [2.24, 2.45) is 11.8 Å². The summed E-state index contributed by atoms with van der Waals surface area (Å²) in [6, 6.07) is 0. The first-order valence-corrected chi connectivity index (χ1v) is 5.18. The van der Waals surface area contributed by atoms with Crippen LogP contribution in [0.5, 0.6) is 0 Å². The standard InChI is InChI=1S/C10H19NO2/c1-2-3-4-5-9-8(7-12)6-11-10(9)13/h8-9,12H,2-7H2,1H3,(H,11,13)/t8?,9-/m1/s1. The molecule has 2 N–H and O–H groups in total. The average molecular weight is 185 g/mol. The Bertz CT molecular complexity index is 170. The molecule has 1 saturated heterocycles. The maximum Gasteiger partial charge on any atom is 0.223 e. The van der Waals surface area contributed by atoms with Gasteiger partial charge in [0.25, 0.3) is 0 Å². The zero-order chi connectivity index (χ0) is 9.68. The van der Waals surface area contributed by atoms with Crippen molar-refractivity contribution in [1.82, 2.24) is 5.32 Å². The van der Waals surface area contributed by atoms with Gasteiger partial charge in [-0.05, 0) is 6.42 Å². The summed E-state index contributed by atoms with van der Waals surface area (Å²) in [4.78, 5) is 11.3. The zero-order valence-electron chi connectivity index (χ0n) is 8.25. The van der Waals surface area contributed by atoms with E-state index in [1.165, 1.54) is 12.8 Å². The molecular weight excluding hydrogens is 166 g/mol. The summed E-state index contributed by atoms with van der Waals surface area (Å²) in [5, 5.41) is 11.8. The molecular formula is C10H19NO2. The Morgan fingerprint density at radius 2 is 2.31 bits per heavy atom. The van der Waals surface area contributed by atoms with Gasteiger partial charge in [-0.25, -0.2) is 0 Å². The smallest absolute Gasteiger partial charge is 0.223 e. The van der Waals surface area contributed by atoms with Gasteiger partial charge in [-0.15, -0.1) is 0 Å². The van der Waals surface area contributed by atoms with E-state index in [9.17, 15) is 4.79 Å². The molecule has 1 aliphatic heterocycles. The second-order valence-electron chi connectivity index (χ2n) is 3.79. The van der Waals surface area contributed by atoms with E-state index in [0.29, 0.717) is 6.54 Å². The van der Waals surface area contributed by atoms with Crippen LogP contribution < -0.4 is 5.32 Å². The van der Waals surface area contributed by atoms with E-state index in [1.807, 2.05) is 0 Å². The van der Waals surface area contributed by atoms with Gasteiger partial charge in [-0.2, -0.15) is 0 Å². The minimum absolute atomic E-state index is 0.0662. The van der Waals surface area contributed by atoms with Crippen molar-refractivity contribution in [2.45, 2.75) is 32.6 Å². The highest BCUT2D eigenvalue weighted by Crippen LogP contribution is 2.23. The van der Waals surface area contributed by atoms with Crippen LogP contribution in [0.3, 0.4) is 0 Å². The van der Waals surface area contributed by atoms with Crippen molar-refractivity contribution < 1.29 is 9.90 Å². The lowest BCUT2D eigenvalue weighted by molar-refractivity contribution is -0.123. The molecule has 3 heteroatoms. The van der Waals surface area contributed by atoms with E-state index in [2.05, 4.69) is 12.2 Å². The summed E-state index contributed by atoms with van der Waals surface area (Å²) in [5.41, 5.74) is 0. The summed E-state index contributed by atoms with van der Waals surface area (Å²) < 4.78 is 0. The monoisotopic (exact) mass is 185 g/mol. The van der Waals surface area contributed by atoms with Crippen molar-refractivity contribution in [3.8, 4) is 0 Å². The fourth-order valence-corrected chi connectivity index (χ4v) is 1.89. The molecule has 0 radical (unpaired) electrons. The number of carbonyl (C=O) groups excluding carboxylic acids is 1. The molecule has 1 aliphatic rings. The molecule has 76 valence electrons. The minimum atomic E-state index is 0.0662. The van der Waals surface area contributed by atoms with Gasteiger partial charge in [0.05, 0.1) is 0 Å². The lowest BCUT2D eigenvalue weighted by Gasteiger charge is -2.13. The highest BCUT2D eigenvalue weighted by Gasteiger charge is 2.33. The molecule has 0 aromatic rings. The molecule has 0 aliphatic carbocycles. The first-order chi connectivity index (χ1) is 6.29. The van der Waals surface area contributed by atoms with Crippen LogP contribution in [0.4, 0.5) is 0 Å². The van der Waals surface area contributed by atoms with Crippen LogP contribution >= 0.6 is 0 Å².